The molecule has 3 heteroatoms. The Bertz CT molecular complexity index is 159. The van der Waals surface area contributed by atoms with E-state index in [0.29, 0.717) is 12.5 Å². The molecule has 0 bridgehead atoms. The second-order valence-electron chi connectivity index (χ2n) is 3.40. The van der Waals surface area contributed by atoms with E-state index in [9.17, 15) is 4.79 Å². The minimum absolute atomic E-state index is 0.0827. The monoisotopic (exact) mass is 186 g/mol. The summed E-state index contributed by atoms with van der Waals surface area (Å²) in [6.45, 7) is 8.82. The fourth-order valence-electron chi connectivity index (χ4n) is 1.29. The van der Waals surface area contributed by atoms with Crippen LogP contribution in [-0.4, -0.2) is 29.4 Å². The molecule has 0 radical (unpaired) electrons. The third-order valence-corrected chi connectivity index (χ3v) is 2.50. The van der Waals surface area contributed by atoms with Crippen LogP contribution in [0.1, 0.15) is 40.5 Å². The number of nitrogens with two attached hydrogens (primary N) is 1. The van der Waals surface area contributed by atoms with Crippen molar-refractivity contribution in [2.75, 3.05) is 6.54 Å². The standard InChI is InChI=1S/C10H22N2O/c1-5-8(4)12(7-3)10(13)9(11)6-2/h8-9H,5-7,11H2,1-4H3/t8?,9-/m0/s1. The van der Waals surface area contributed by atoms with Crippen molar-refractivity contribution in [3.63, 3.8) is 0 Å². The van der Waals surface area contributed by atoms with Crippen LogP contribution in [0.4, 0.5) is 0 Å². The van der Waals surface area contributed by atoms with Gasteiger partial charge in [-0.25, -0.2) is 0 Å². The molecule has 13 heavy (non-hydrogen) atoms. The lowest BCUT2D eigenvalue weighted by atomic mass is 10.1. The number of hydrogen-bond acceptors (Lipinski definition) is 2. The van der Waals surface area contributed by atoms with E-state index in [0.717, 1.165) is 13.0 Å². The molecule has 0 heterocycles. The van der Waals surface area contributed by atoms with Gasteiger partial charge in [-0.1, -0.05) is 13.8 Å². The van der Waals surface area contributed by atoms with Crippen LogP contribution in [0.25, 0.3) is 0 Å². The SMILES string of the molecule is CCC(C)N(CC)C(=O)[C@@H](N)CC. The maximum Gasteiger partial charge on any atom is 0.239 e. The molecule has 2 N–H and O–H groups in total. The van der Waals surface area contributed by atoms with Crippen molar-refractivity contribution in [3.8, 4) is 0 Å². The molecule has 0 rings (SSSR count). The first-order valence-corrected chi connectivity index (χ1v) is 5.14. The number of nitrogens with zero attached hydrogens (tertiary/aromatic N) is 1. The summed E-state index contributed by atoms with van der Waals surface area (Å²) < 4.78 is 0. The second kappa shape index (κ2) is 5.97. The van der Waals surface area contributed by atoms with Crippen LogP contribution in [0.2, 0.25) is 0 Å². The molecule has 0 saturated carbocycles. The number of hydrogen-bond donors (Lipinski definition) is 1. The predicted molar refractivity (Wildman–Crippen MR) is 55.4 cm³/mol. The first-order chi connectivity index (χ1) is 6.08. The van der Waals surface area contributed by atoms with Gasteiger partial charge in [0.05, 0.1) is 6.04 Å². The van der Waals surface area contributed by atoms with Gasteiger partial charge in [-0.3, -0.25) is 4.79 Å². The van der Waals surface area contributed by atoms with Crippen molar-refractivity contribution in [2.45, 2.75) is 52.6 Å². The molecule has 0 aromatic carbocycles. The Hall–Kier alpha value is -0.570. The fraction of sp³-hybridized carbons (Fsp3) is 0.900. The van der Waals surface area contributed by atoms with Crippen LogP contribution in [0.5, 0.6) is 0 Å². The van der Waals surface area contributed by atoms with Crippen molar-refractivity contribution < 1.29 is 4.79 Å². The summed E-state index contributed by atoms with van der Waals surface area (Å²) in [6.07, 6.45) is 1.70. The van der Waals surface area contributed by atoms with Crippen molar-refractivity contribution in [1.82, 2.24) is 4.90 Å². The highest BCUT2D eigenvalue weighted by atomic mass is 16.2. The van der Waals surface area contributed by atoms with E-state index in [2.05, 4.69) is 13.8 Å². The molecule has 3 nitrogen and oxygen atoms in total. The summed E-state index contributed by atoms with van der Waals surface area (Å²) in [4.78, 5) is 13.6. The van der Waals surface area contributed by atoms with Crippen molar-refractivity contribution in [3.05, 3.63) is 0 Å². The largest absolute Gasteiger partial charge is 0.339 e. The molecule has 2 atom stereocenters. The van der Waals surface area contributed by atoms with Crippen molar-refractivity contribution in [1.29, 1.82) is 0 Å². The van der Waals surface area contributed by atoms with E-state index < -0.39 is 0 Å². The molecule has 0 spiro atoms. The van der Waals surface area contributed by atoms with E-state index >= 15 is 0 Å². The van der Waals surface area contributed by atoms with Gasteiger partial charge in [0.25, 0.3) is 0 Å². The average molecular weight is 186 g/mol. The molecule has 1 unspecified atom stereocenters. The molecule has 0 saturated heterocycles. The van der Waals surface area contributed by atoms with Gasteiger partial charge in [-0.2, -0.15) is 0 Å². The Morgan fingerprint density at radius 3 is 2.15 bits per heavy atom. The van der Waals surface area contributed by atoms with Gasteiger partial charge in [-0.15, -0.1) is 0 Å². The Kier molecular flexibility index (Phi) is 5.71. The number of rotatable bonds is 5. The van der Waals surface area contributed by atoms with Crippen LogP contribution in [-0.2, 0) is 4.79 Å². The molecule has 0 aliphatic carbocycles. The zero-order valence-corrected chi connectivity index (χ0v) is 9.21. The molecule has 0 aromatic heterocycles. The lowest BCUT2D eigenvalue weighted by molar-refractivity contribution is -0.134. The van der Waals surface area contributed by atoms with E-state index in [1.165, 1.54) is 0 Å². The van der Waals surface area contributed by atoms with E-state index in [1.54, 1.807) is 0 Å². The summed E-state index contributed by atoms with van der Waals surface area (Å²) in [6, 6.07) is -0.0240. The van der Waals surface area contributed by atoms with Gasteiger partial charge < -0.3 is 10.6 Å². The number of carbonyl (C=O) groups is 1. The third-order valence-electron chi connectivity index (χ3n) is 2.50. The maximum absolute atomic E-state index is 11.7. The van der Waals surface area contributed by atoms with E-state index in [1.807, 2.05) is 18.7 Å². The first kappa shape index (κ1) is 12.4. The minimum Gasteiger partial charge on any atom is -0.339 e. The average Bonchev–Trinajstić information content (AvgIpc) is 2.17. The van der Waals surface area contributed by atoms with Gasteiger partial charge in [-0.05, 0) is 26.7 Å². The van der Waals surface area contributed by atoms with Gasteiger partial charge in [0, 0.05) is 12.6 Å². The lowest BCUT2D eigenvalue weighted by Crippen LogP contribution is -2.47. The van der Waals surface area contributed by atoms with E-state index in [4.69, 9.17) is 5.73 Å². The number of carbonyl (C=O) groups excluding carboxylic acids is 1. The highest BCUT2D eigenvalue weighted by Crippen LogP contribution is 2.06. The zero-order valence-electron chi connectivity index (χ0n) is 9.21. The first-order valence-electron chi connectivity index (χ1n) is 5.14. The molecule has 0 aromatic rings. The highest BCUT2D eigenvalue weighted by Gasteiger charge is 2.21. The molecular weight excluding hydrogens is 164 g/mol. The van der Waals surface area contributed by atoms with Crippen molar-refractivity contribution in [2.24, 2.45) is 5.73 Å². The highest BCUT2D eigenvalue weighted by molar-refractivity contribution is 5.81. The van der Waals surface area contributed by atoms with Crippen LogP contribution in [0.15, 0.2) is 0 Å². The van der Waals surface area contributed by atoms with Gasteiger partial charge in [0.15, 0.2) is 0 Å². The lowest BCUT2D eigenvalue weighted by Gasteiger charge is -2.29. The smallest absolute Gasteiger partial charge is 0.239 e. The molecule has 78 valence electrons. The van der Waals surface area contributed by atoms with Crippen LogP contribution in [0, 0.1) is 0 Å². The minimum atomic E-state index is -0.325. The maximum atomic E-state index is 11.7. The van der Waals surface area contributed by atoms with Gasteiger partial charge >= 0.3 is 0 Å². The number of likely N-dealkylation sites (N-methyl/N-ethyl adjacent to an activating group) is 1. The Morgan fingerprint density at radius 1 is 1.31 bits per heavy atom. The summed E-state index contributed by atoms with van der Waals surface area (Å²) in [5.41, 5.74) is 5.69. The van der Waals surface area contributed by atoms with Crippen molar-refractivity contribution >= 4 is 5.91 Å². The normalized spacial score (nSPS) is 15.2. The molecule has 0 aliphatic heterocycles. The summed E-state index contributed by atoms with van der Waals surface area (Å²) in [5.74, 6) is 0.0827. The number of amides is 1. The topological polar surface area (TPSA) is 46.3 Å². The Labute approximate surface area is 81.3 Å². The molecule has 0 aliphatic rings. The van der Waals surface area contributed by atoms with E-state index in [-0.39, 0.29) is 11.9 Å². The zero-order chi connectivity index (χ0) is 10.4. The predicted octanol–water partition coefficient (Wildman–Crippen LogP) is 1.37. The molecule has 1 amide bonds. The van der Waals surface area contributed by atoms with Gasteiger partial charge in [0.1, 0.15) is 0 Å². The molecule has 0 fully saturated rings. The van der Waals surface area contributed by atoms with Gasteiger partial charge in [0.2, 0.25) is 5.91 Å². The Balaban J connectivity index is 4.31. The van der Waals surface area contributed by atoms with Crippen LogP contribution in [0.3, 0.4) is 0 Å². The summed E-state index contributed by atoms with van der Waals surface area (Å²) >= 11 is 0. The third kappa shape index (κ3) is 3.35. The van der Waals surface area contributed by atoms with Crippen LogP contribution < -0.4 is 5.73 Å². The Morgan fingerprint density at radius 2 is 1.85 bits per heavy atom. The van der Waals surface area contributed by atoms with Crippen LogP contribution >= 0.6 is 0 Å². The second-order valence-corrected chi connectivity index (χ2v) is 3.40. The quantitative estimate of drug-likeness (QED) is 0.705. The summed E-state index contributed by atoms with van der Waals surface area (Å²) in [5, 5.41) is 0. The summed E-state index contributed by atoms with van der Waals surface area (Å²) in [7, 11) is 0. The fourth-order valence-corrected chi connectivity index (χ4v) is 1.29. The molecular formula is C10H22N2O.